The predicted molar refractivity (Wildman–Crippen MR) is 250 cm³/mol. The molecule has 5 aliphatic rings. The van der Waals surface area contributed by atoms with Crippen LogP contribution in [0.5, 0.6) is 5.75 Å². The largest absolute Gasteiger partial charge is 0.508 e. The van der Waals surface area contributed by atoms with Gasteiger partial charge in [0.15, 0.2) is 11.6 Å². The van der Waals surface area contributed by atoms with Crippen LogP contribution in [0.15, 0.2) is 97.0 Å². The summed E-state index contributed by atoms with van der Waals surface area (Å²) in [4.78, 5) is 90.9. The van der Waals surface area contributed by atoms with Crippen LogP contribution in [-0.4, -0.2) is 124 Å². The molecule has 0 radical (unpaired) electrons. The van der Waals surface area contributed by atoms with Gasteiger partial charge in [-0.15, -0.1) is 0 Å². The molecule has 0 saturated carbocycles. The van der Waals surface area contributed by atoms with Crippen LogP contribution in [0.3, 0.4) is 0 Å². The van der Waals surface area contributed by atoms with E-state index in [1.165, 1.54) is 78.2 Å². The Balaban J connectivity index is 0.940. The van der Waals surface area contributed by atoms with Crippen molar-refractivity contribution in [2.75, 3.05) is 13.2 Å². The van der Waals surface area contributed by atoms with Crippen molar-refractivity contribution >= 4 is 70.5 Å². The number of aromatic carboxylic acids is 1. The number of ether oxygens (including phenoxy) is 1. The van der Waals surface area contributed by atoms with Crippen molar-refractivity contribution in [1.29, 1.82) is 0 Å². The molecule has 376 valence electrons. The third-order valence-corrected chi connectivity index (χ3v) is 14.9. The number of nitro benzene ring substituents is 1. The van der Waals surface area contributed by atoms with Crippen LogP contribution in [-0.2, 0) is 31.6 Å². The number of aromatic hydroxyl groups is 1. The summed E-state index contributed by atoms with van der Waals surface area (Å²) < 4.78 is 58.5. The van der Waals surface area contributed by atoms with Crippen molar-refractivity contribution in [3.63, 3.8) is 0 Å². The quantitative estimate of drug-likeness (QED) is 0.0137. The van der Waals surface area contributed by atoms with Gasteiger partial charge in [-0.2, -0.15) is 13.6 Å². The number of hydrogen-bond donors (Lipinski definition) is 10. The second kappa shape index (κ2) is 20.2. The summed E-state index contributed by atoms with van der Waals surface area (Å²) in [5.74, 6) is 4.22. The standard InChI is InChI=1S/C42H38N7O20P3/c1-21(47-39-38-40(45-19-44-39)48(20-46-38)36-17-32(52)35(67-36)18-65-71(61,62)69-72(63,64)68-70(58,59)60)26-8-4-22(13-31(26)49(56)57)3-2-12-43-41(53)23-5-9-27(42(54)55)30(14-23)37-28-10-6-24(50)15-33(28)66-34-16-25(51)7-11-29(34)37/h4-11,13-16,19-21,32,35-36,38,40,50,52H,12,17-18H2,1H3,(H,43,53)(H,54,55)(H,61,62)(H,63,64)(H,44,45,47)(H2,58,59,60)/p+1/t21?,32-,35+,36+,38?,40?/m0/s1. The lowest BCUT2D eigenvalue weighted by molar-refractivity contribution is -0.450. The van der Waals surface area contributed by atoms with E-state index in [1.54, 1.807) is 19.1 Å². The number of benzene rings is 4. The van der Waals surface area contributed by atoms with Crippen molar-refractivity contribution in [2.45, 2.75) is 50.0 Å². The molecule has 1 saturated heterocycles. The van der Waals surface area contributed by atoms with E-state index >= 15 is 0 Å². The molecule has 10 N–H and O–H groups in total. The number of phosphoric acid groups is 3. The molecule has 3 aromatic carbocycles. The van der Waals surface area contributed by atoms with Crippen LogP contribution in [0.2, 0.25) is 0 Å². The number of carboxylic acids is 1. The molecular weight excluding hydrogens is 1020 g/mol. The fourth-order valence-electron chi connectivity index (χ4n) is 7.99. The lowest BCUT2D eigenvalue weighted by atomic mass is 9.89. The highest BCUT2D eigenvalue weighted by Crippen LogP contribution is 2.66. The average Bonchev–Trinajstić information content (AvgIpc) is 3.90. The molecule has 27 nitrogen and oxygen atoms in total. The van der Waals surface area contributed by atoms with Gasteiger partial charge in [-0.05, 0) is 73.0 Å². The number of phenolic OH excluding ortho intramolecular Hbond substituents is 1. The maximum absolute atomic E-state index is 12.5. The maximum Gasteiger partial charge on any atom is 0.490 e. The molecule has 1 fully saturated rings. The third-order valence-electron chi connectivity index (χ3n) is 11.1. The fraction of sp³-hybridized carbons (Fsp3) is 0.238. The summed E-state index contributed by atoms with van der Waals surface area (Å²) in [6, 6.07) is 15.1. The molecule has 0 amide bonds. The number of aliphatic imine (C=N–C) groups is 3. The van der Waals surface area contributed by atoms with Gasteiger partial charge in [0.1, 0.15) is 41.3 Å². The smallest absolute Gasteiger partial charge is 0.490 e. The van der Waals surface area contributed by atoms with Crippen molar-refractivity contribution < 1.29 is 90.7 Å². The molecule has 0 aromatic heterocycles. The van der Waals surface area contributed by atoms with Crippen LogP contribution in [0.4, 0.5) is 5.69 Å². The molecule has 0 bridgehead atoms. The summed E-state index contributed by atoms with van der Waals surface area (Å²) in [5.41, 5.74) is 0.932. The van der Waals surface area contributed by atoms with Gasteiger partial charge in [0.05, 0.1) is 53.0 Å². The summed E-state index contributed by atoms with van der Waals surface area (Å²) in [6.07, 6.45) is -1.86. The Labute approximate surface area is 404 Å². The Morgan fingerprint density at radius 1 is 1.01 bits per heavy atom. The van der Waals surface area contributed by atoms with Crippen LogP contribution < -0.4 is 15.7 Å². The number of hydrogen-bond acceptors (Lipinski definition) is 18. The molecule has 8 rings (SSSR count). The second-order valence-electron chi connectivity index (χ2n) is 15.9. The first kappa shape index (κ1) is 51.3. The molecule has 4 aliphatic heterocycles. The van der Waals surface area contributed by atoms with Gasteiger partial charge in [0.25, 0.3) is 5.69 Å². The van der Waals surface area contributed by atoms with Gasteiger partial charge < -0.3 is 59.4 Å². The zero-order valence-electron chi connectivity index (χ0n) is 36.7. The molecule has 72 heavy (non-hydrogen) atoms. The van der Waals surface area contributed by atoms with Crippen molar-refractivity contribution in [2.24, 2.45) is 15.0 Å². The number of nitrogens with zero attached hydrogens (tertiary/aromatic N) is 5. The van der Waals surface area contributed by atoms with Gasteiger partial charge in [-0.25, -0.2) is 23.5 Å². The fourth-order valence-corrected chi connectivity index (χ4v) is 11.0. The predicted octanol–water partition coefficient (Wildman–Crippen LogP) is 2.26. The van der Waals surface area contributed by atoms with Crippen LogP contribution in [0.25, 0.3) is 33.4 Å². The topological polar surface area (TPSA) is 407 Å². The minimum atomic E-state index is -5.78. The molecule has 5 unspecified atom stereocenters. The molecule has 8 atom stereocenters. The molecule has 1 aliphatic carbocycles. The van der Waals surface area contributed by atoms with Crippen LogP contribution >= 0.6 is 23.5 Å². The Morgan fingerprint density at radius 3 is 2.53 bits per heavy atom. The van der Waals surface area contributed by atoms with Gasteiger partial charge in [-0.3, -0.25) is 29.4 Å². The Bertz CT molecular complexity index is 3380. The van der Waals surface area contributed by atoms with E-state index in [-0.39, 0.29) is 80.7 Å². The lowest BCUT2D eigenvalue weighted by Crippen LogP contribution is -2.73. The first-order chi connectivity index (χ1) is 34.0. The highest BCUT2D eigenvalue weighted by molar-refractivity contribution is 7.66. The van der Waals surface area contributed by atoms with Crippen LogP contribution in [0, 0.1) is 22.0 Å². The van der Waals surface area contributed by atoms with Crippen molar-refractivity contribution in [3.05, 3.63) is 115 Å². The minimum absolute atomic E-state index is 0.117. The van der Waals surface area contributed by atoms with E-state index in [9.17, 15) is 63.6 Å². The number of nitrogens with one attached hydrogen (secondary N) is 2. The number of carbonyl (C=O) groups is 1. The summed E-state index contributed by atoms with van der Waals surface area (Å²) >= 11 is 0. The number of phosphoric ester groups is 1. The Hall–Kier alpha value is -7.01. The Kier molecular flexibility index (Phi) is 14.4. The molecule has 30 heteroatoms. The summed E-state index contributed by atoms with van der Waals surface area (Å²) in [7, 11) is -16.9. The summed E-state index contributed by atoms with van der Waals surface area (Å²) in [6.45, 7) is 0.556. The number of aliphatic hydroxyl groups is 2. The monoisotopic (exact) mass is 1050 g/mol. The van der Waals surface area contributed by atoms with Gasteiger partial charge >= 0.3 is 35.3 Å². The lowest BCUT2D eigenvalue weighted by Gasteiger charge is -2.32. The normalized spacial score (nSPS) is 22.5. The molecular formula is C42H39N7O20P3+. The number of carboxylic acid groups (broad SMARTS) is 1. The SMILES string of the molecule is CC(N=C1NC=NC2C1N=CN2[C@H]1C[C@H](O)[C@@H](COP(=O)(O)OP(=O)(O)OP(=O)(O)O)O1)c1ccc(C#CC[NH+]=C(O)c2ccc(C(=O)O)c(-c3c4ccc(=O)cc-4oc4cc(O)ccc34)c2)cc1[N+](=O)[O-]. The van der Waals surface area contributed by atoms with E-state index in [4.69, 9.17) is 18.9 Å². The van der Waals surface area contributed by atoms with Crippen molar-refractivity contribution in [1.82, 2.24) is 10.2 Å². The van der Waals surface area contributed by atoms with Crippen LogP contribution in [0.1, 0.15) is 46.4 Å². The van der Waals surface area contributed by atoms with Gasteiger partial charge in [-0.1, -0.05) is 5.92 Å². The van der Waals surface area contributed by atoms with Gasteiger partial charge in [0, 0.05) is 46.7 Å². The Morgan fingerprint density at radius 2 is 1.79 bits per heavy atom. The van der Waals surface area contributed by atoms with Crippen molar-refractivity contribution in [3.8, 4) is 40.0 Å². The number of nitro groups is 1. The number of amidine groups is 1. The number of fused-ring (bicyclic) bond motifs is 3. The highest BCUT2D eigenvalue weighted by atomic mass is 31.3. The van der Waals surface area contributed by atoms with E-state index in [0.29, 0.717) is 16.5 Å². The number of rotatable bonds is 15. The molecule has 4 heterocycles. The zero-order valence-corrected chi connectivity index (χ0v) is 39.4. The highest BCUT2D eigenvalue weighted by Gasteiger charge is 2.47. The summed E-state index contributed by atoms with van der Waals surface area (Å²) in [5, 5.41) is 57.7. The maximum atomic E-state index is 12.5. The molecule has 0 spiro atoms. The van der Waals surface area contributed by atoms with E-state index in [1.807, 2.05) is 0 Å². The van der Waals surface area contributed by atoms with E-state index < -0.39 is 77.7 Å². The average molecular weight is 1050 g/mol. The number of phenols is 1. The second-order valence-corrected chi connectivity index (χ2v) is 20.3. The minimum Gasteiger partial charge on any atom is -0.508 e. The molecule has 3 aromatic rings. The van der Waals surface area contributed by atoms with Gasteiger partial charge in [0.2, 0.25) is 6.54 Å². The first-order valence-electron chi connectivity index (χ1n) is 20.9. The first-order valence-corrected chi connectivity index (χ1v) is 25.4. The number of aliphatic hydroxyl groups excluding tert-OH is 2. The van der Waals surface area contributed by atoms with E-state index in [0.717, 1.165) is 0 Å². The van der Waals surface area contributed by atoms with E-state index in [2.05, 4.69) is 50.3 Å². The zero-order chi connectivity index (χ0) is 51.9. The third kappa shape index (κ3) is 11.5.